The van der Waals surface area contributed by atoms with E-state index in [1.54, 1.807) is 24.5 Å². The van der Waals surface area contributed by atoms with E-state index in [0.717, 1.165) is 5.56 Å². The summed E-state index contributed by atoms with van der Waals surface area (Å²) in [6, 6.07) is 19.1. The van der Waals surface area contributed by atoms with Gasteiger partial charge in [0.05, 0.1) is 18.1 Å². The number of nitrogens with one attached hydrogen (secondary N) is 1. The van der Waals surface area contributed by atoms with E-state index in [4.69, 9.17) is 13.9 Å². The van der Waals surface area contributed by atoms with Gasteiger partial charge in [-0.1, -0.05) is 42.1 Å². The van der Waals surface area contributed by atoms with Gasteiger partial charge in [0.15, 0.2) is 22.4 Å². The Balaban J connectivity index is 1.34. The molecule has 2 aromatic carbocycles. The van der Waals surface area contributed by atoms with Gasteiger partial charge in [0.2, 0.25) is 11.7 Å². The minimum Gasteiger partial charge on any atom is -0.486 e. The summed E-state index contributed by atoms with van der Waals surface area (Å²) in [4.78, 5) is 12.9. The third-order valence-electron chi connectivity index (χ3n) is 5.10. The zero-order valence-electron chi connectivity index (χ0n) is 17.9. The first kappa shape index (κ1) is 21.1. The number of hydrogen-bond acceptors (Lipinski definition) is 7. The van der Waals surface area contributed by atoms with Gasteiger partial charge < -0.3 is 19.2 Å². The Morgan fingerprint density at radius 3 is 2.67 bits per heavy atom. The number of carbonyl (C=O) groups excluding carboxylic acids is 1. The first-order chi connectivity index (χ1) is 16.2. The lowest BCUT2D eigenvalue weighted by Gasteiger charge is -2.19. The van der Waals surface area contributed by atoms with Gasteiger partial charge in [-0.25, -0.2) is 0 Å². The molecule has 1 aliphatic rings. The van der Waals surface area contributed by atoms with Crippen LogP contribution in [0.2, 0.25) is 0 Å². The highest BCUT2D eigenvalue weighted by Crippen LogP contribution is 2.33. The maximum absolute atomic E-state index is 12.9. The molecule has 5 rings (SSSR count). The number of amides is 1. The predicted molar refractivity (Wildman–Crippen MR) is 125 cm³/mol. The Kier molecular flexibility index (Phi) is 6.03. The Bertz CT molecular complexity index is 1240. The van der Waals surface area contributed by atoms with Gasteiger partial charge in [-0.2, -0.15) is 0 Å². The summed E-state index contributed by atoms with van der Waals surface area (Å²) >= 11 is 1.34. The second kappa shape index (κ2) is 9.41. The van der Waals surface area contributed by atoms with E-state index in [9.17, 15) is 4.79 Å². The van der Waals surface area contributed by atoms with E-state index in [0.29, 0.717) is 53.7 Å². The van der Waals surface area contributed by atoms with E-state index in [2.05, 4.69) is 15.5 Å². The van der Waals surface area contributed by atoms with E-state index < -0.39 is 5.25 Å². The largest absolute Gasteiger partial charge is 0.486 e. The lowest BCUT2D eigenvalue weighted by Crippen LogP contribution is -2.23. The van der Waals surface area contributed by atoms with Gasteiger partial charge in [-0.05, 0) is 36.8 Å². The van der Waals surface area contributed by atoms with E-state index >= 15 is 0 Å². The molecule has 8 nitrogen and oxygen atoms in total. The smallest absolute Gasteiger partial charge is 0.237 e. The predicted octanol–water partition coefficient (Wildman–Crippen LogP) is 4.48. The van der Waals surface area contributed by atoms with Crippen LogP contribution in [-0.4, -0.2) is 39.1 Å². The second-order valence-corrected chi connectivity index (χ2v) is 8.77. The van der Waals surface area contributed by atoms with Crippen molar-refractivity contribution in [3.63, 3.8) is 0 Å². The maximum Gasteiger partial charge on any atom is 0.237 e. The molecule has 0 saturated heterocycles. The third-order valence-corrected chi connectivity index (χ3v) is 6.18. The Hall–Kier alpha value is -3.72. The average Bonchev–Trinajstić information content (AvgIpc) is 3.50. The molecule has 33 heavy (non-hydrogen) atoms. The summed E-state index contributed by atoms with van der Waals surface area (Å²) in [5.41, 5.74) is 1.75. The molecule has 1 amide bonds. The molecule has 0 fully saturated rings. The fourth-order valence-electron chi connectivity index (χ4n) is 3.45. The maximum atomic E-state index is 12.9. The molecule has 1 aliphatic heterocycles. The highest BCUT2D eigenvalue weighted by molar-refractivity contribution is 8.00. The lowest BCUT2D eigenvalue weighted by molar-refractivity contribution is -0.115. The van der Waals surface area contributed by atoms with Gasteiger partial charge in [0.1, 0.15) is 13.2 Å². The van der Waals surface area contributed by atoms with Crippen LogP contribution in [0.3, 0.4) is 0 Å². The van der Waals surface area contributed by atoms with Crippen LogP contribution >= 0.6 is 11.8 Å². The molecule has 0 aliphatic carbocycles. The van der Waals surface area contributed by atoms with E-state index in [1.165, 1.54) is 11.8 Å². The quantitative estimate of drug-likeness (QED) is 0.405. The van der Waals surface area contributed by atoms with Gasteiger partial charge in [-0.15, -0.1) is 10.2 Å². The number of anilines is 1. The van der Waals surface area contributed by atoms with Crippen molar-refractivity contribution < 1.29 is 18.7 Å². The van der Waals surface area contributed by atoms with Gasteiger partial charge in [0.25, 0.3) is 0 Å². The molecular formula is C24H22N4O4S. The minimum absolute atomic E-state index is 0.148. The number of hydrogen-bond donors (Lipinski definition) is 1. The average molecular weight is 463 g/mol. The van der Waals surface area contributed by atoms with Crippen molar-refractivity contribution in [2.45, 2.75) is 23.9 Å². The molecule has 0 unspecified atom stereocenters. The van der Waals surface area contributed by atoms with Crippen LogP contribution in [0.25, 0.3) is 11.6 Å². The molecule has 1 atom stereocenters. The topological polar surface area (TPSA) is 91.4 Å². The molecule has 2 aromatic heterocycles. The molecule has 0 bridgehead atoms. The normalized spacial score (nSPS) is 13.5. The standard InChI is InChI=1S/C24H22N4O4S/c1-16(23(29)25-18-9-10-19-21(14-18)32-13-12-31-19)33-24-27-26-22(20-8-5-11-30-20)28(24)15-17-6-3-2-4-7-17/h2-11,14,16H,12-13,15H2,1H3,(H,25,29)/t16-/m1/s1. The molecule has 0 saturated carbocycles. The summed E-state index contributed by atoms with van der Waals surface area (Å²) in [5, 5.41) is 11.9. The van der Waals surface area contributed by atoms with Crippen LogP contribution in [0.1, 0.15) is 12.5 Å². The highest BCUT2D eigenvalue weighted by Gasteiger charge is 2.23. The van der Waals surface area contributed by atoms with Crippen LogP contribution < -0.4 is 14.8 Å². The number of carbonyl (C=O) groups is 1. The Labute approximate surface area is 194 Å². The number of benzene rings is 2. The summed E-state index contributed by atoms with van der Waals surface area (Å²) in [5.74, 6) is 2.40. The van der Waals surface area contributed by atoms with Crippen molar-refractivity contribution >= 4 is 23.4 Å². The number of thioether (sulfide) groups is 1. The van der Waals surface area contributed by atoms with Crippen LogP contribution in [0, 0.1) is 0 Å². The fraction of sp³-hybridized carbons (Fsp3) is 0.208. The molecule has 3 heterocycles. The monoisotopic (exact) mass is 462 g/mol. The molecule has 168 valence electrons. The zero-order valence-corrected chi connectivity index (χ0v) is 18.7. The molecule has 0 spiro atoms. The van der Waals surface area contributed by atoms with Gasteiger partial charge in [0, 0.05) is 11.8 Å². The number of ether oxygens (including phenoxy) is 2. The van der Waals surface area contributed by atoms with E-state index in [-0.39, 0.29) is 5.91 Å². The number of fused-ring (bicyclic) bond motifs is 1. The van der Waals surface area contributed by atoms with Gasteiger partial charge >= 0.3 is 0 Å². The van der Waals surface area contributed by atoms with E-state index in [1.807, 2.05) is 54.0 Å². The Morgan fingerprint density at radius 1 is 1.06 bits per heavy atom. The summed E-state index contributed by atoms with van der Waals surface area (Å²) in [6.45, 7) is 3.41. The van der Waals surface area contributed by atoms with Crippen LogP contribution in [0.4, 0.5) is 5.69 Å². The van der Waals surface area contributed by atoms with Crippen molar-refractivity contribution in [3.8, 4) is 23.1 Å². The number of nitrogens with zero attached hydrogens (tertiary/aromatic N) is 3. The molecule has 0 radical (unpaired) electrons. The van der Waals surface area contributed by atoms with Gasteiger partial charge in [-0.3, -0.25) is 9.36 Å². The molecule has 1 N–H and O–H groups in total. The Morgan fingerprint density at radius 2 is 1.88 bits per heavy atom. The first-order valence-corrected chi connectivity index (χ1v) is 11.4. The van der Waals surface area contributed by atoms with Crippen LogP contribution in [0.5, 0.6) is 11.5 Å². The second-order valence-electron chi connectivity index (χ2n) is 7.46. The fourth-order valence-corrected chi connectivity index (χ4v) is 4.30. The van der Waals surface area contributed by atoms with Crippen molar-refractivity contribution in [3.05, 3.63) is 72.5 Å². The zero-order chi connectivity index (χ0) is 22.6. The third kappa shape index (κ3) is 4.73. The summed E-state index contributed by atoms with van der Waals surface area (Å²) in [7, 11) is 0. The SMILES string of the molecule is C[C@@H](Sc1nnc(-c2ccco2)n1Cc1ccccc1)C(=O)Nc1ccc2c(c1)OCCO2. The number of rotatable bonds is 7. The van der Waals surface area contributed by atoms with Crippen LogP contribution in [0.15, 0.2) is 76.5 Å². The molecular weight excluding hydrogens is 440 g/mol. The lowest BCUT2D eigenvalue weighted by atomic mass is 10.2. The number of furan rings is 1. The first-order valence-electron chi connectivity index (χ1n) is 10.6. The highest BCUT2D eigenvalue weighted by atomic mass is 32.2. The van der Waals surface area contributed by atoms with Crippen molar-refractivity contribution in [1.82, 2.24) is 14.8 Å². The molecule has 9 heteroatoms. The minimum atomic E-state index is -0.415. The summed E-state index contributed by atoms with van der Waals surface area (Å²) in [6.07, 6.45) is 1.60. The van der Waals surface area contributed by atoms with Crippen molar-refractivity contribution in [2.75, 3.05) is 18.5 Å². The van der Waals surface area contributed by atoms with Crippen LogP contribution in [-0.2, 0) is 11.3 Å². The van der Waals surface area contributed by atoms with Crippen molar-refractivity contribution in [2.24, 2.45) is 0 Å². The molecule has 4 aromatic rings. The number of aromatic nitrogens is 3. The summed E-state index contributed by atoms with van der Waals surface area (Å²) < 4.78 is 18.7. The van der Waals surface area contributed by atoms with Crippen molar-refractivity contribution in [1.29, 1.82) is 0 Å².